The summed E-state index contributed by atoms with van der Waals surface area (Å²) in [5.41, 5.74) is 4.89. The Morgan fingerprint density at radius 3 is 2.65 bits per heavy atom. The van der Waals surface area contributed by atoms with Gasteiger partial charge in [-0.15, -0.1) is 0 Å². The van der Waals surface area contributed by atoms with Crippen molar-refractivity contribution in [3.8, 4) is 0 Å². The number of rotatable bonds is 6. The number of amides is 1. The molecule has 1 atom stereocenters. The summed E-state index contributed by atoms with van der Waals surface area (Å²) in [5.74, 6) is 0.915. The van der Waals surface area contributed by atoms with Crippen LogP contribution >= 0.6 is 11.8 Å². The van der Waals surface area contributed by atoms with Crippen LogP contribution in [0, 0.1) is 5.41 Å². The fourth-order valence-electron chi connectivity index (χ4n) is 2.41. The summed E-state index contributed by atoms with van der Waals surface area (Å²) in [6, 6.07) is 0.126. The van der Waals surface area contributed by atoms with E-state index in [0.717, 1.165) is 12.2 Å². The third-order valence-electron chi connectivity index (χ3n) is 4.08. The lowest BCUT2D eigenvalue weighted by Gasteiger charge is -2.39. The van der Waals surface area contributed by atoms with Crippen molar-refractivity contribution in [2.24, 2.45) is 16.3 Å². The maximum Gasteiger partial charge on any atom is 0.236 e. The van der Waals surface area contributed by atoms with E-state index >= 15 is 0 Å². The molecule has 1 unspecified atom stereocenters. The molecule has 3 N–H and O–H groups in total. The van der Waals surface area contributed by atoms with E-state index in [1.54, 1.807) is 23.7 Å². The second kappa shape index (κ2) is 7.73. The lowest BCUT2D eigenvalue weighted by Crippen LogP contribution is -2.54. The molecule has 20 heavy (non-hydrogen) atoms. The molecule has 1 aliphatic rings. The van der Waals surface area contributed by atoms with Gasteiger partial charge in [0.15, 0.2) is 5.84 Å². The predicted octanol–water partition coefficient (Wildman–Crippen LogP) is 1.13. The zero-order valence-corrected chi connectivity index (χ0v) is 13.3. The highest BCUT2D eigenvalue weighted by molar-refractivity contribution is 7.98. The number of carbonyl (C=O) groups excluding carboxylic acids is 1. The number of nitrogens with two attached hydrogens (primary N) is 1. The molecule has 0 aromatic carbocycles. The molecular weight excluding hydrogens is 278 g/mol. The van der Waals surface area contributed by atoms with E-state index < -0.39 is 5.41 Å². The maximum absolute atomic E-state index is 12.8. The zero-order valence-electron chi connectivity index (χ0n) is 12.5. The van der Waals surface area contributed by atoms with Gasteiger partial charge >= 0.3 is 0 Å². The second-order valence-corrected chi connectivity index (χ2v) is 6.21. The van der Waals surface area contributed by atoms with Gasteiger partial charge in [0.25, 0.3) is 0 Å². The highest BCUT2D eigenvalue weighted by atomic mass is 32.2. The monoisotopic (exact) mass is 303 g/mol. The van der Waals surface area contributed by atoms with Crippen molar-refractivity contribution in [1.29, 1.82) is 0 Å². The van der Waals surface area contributed by atoms with Crippen LogP contribution in [0.1, 0.15) is 26.2 Å². The van der Waals surface area contributed by atoms with Gasteiger partial charge in [-0.05, 0) is 38.2 Å². The van der Waals surface area contributed by atoms with Crippen LogP contribution in [0.4, 0.5) is 0 Å². The minimum atomic E-state index is -0.921. The average molecular weight is 303 g/mol. The smallest absolute Gasteiger partial charge is 0.236 e. The number of oxime groups is 1. The van der Waals surface area contributed by atoms with Crippen LogP contribution in [0.25, 0.3) is 0 Å². The van der Waals surface area contributed by atoms with Crippen molar-refractivity contribution in [2.45, 2.75) is 32.2 Å². The quantitative estimate of drug-likeness (QED) is 0.332. The molecule has 0 aromatic rings. The van der Waals surface area contributed by atoms with Crippen molar-refractivity contribution in [1.82, 2.24) is 4.90 Å². The van der Waals surface area contributed by atoms with Crippen LogP contribution in [-0.4, -0.2) is 60.2 Å². The molecular formula is C13H25N3O3S. The first-order chi connectivity index (χ1) is 9.49. The van der Waals surface area contributed by atoms with E-state index in [4.69, 9.17) is 15.7 Å². The van der Waals surface area contributed by atoms with E-state index in [-0.39, 0.29) is 17.8 Å². The molecule has 0 bridgehead atoms. The topological polar surface area (TPSA) is 88.2 Å². The molecule has 7 heteroatoms. The Labute approximate surface area is 124 Å². The van der Waals surface area contributed by atoms with E-state index in [0.29, 0.717) is 26.1 Å². The number of hydrogen-bond donors (Lipinski definition) is 2. The standard InChI is InChI=1S/C13H25N3O3S/c1-10(4-9-20-3)16(2)12(17)13(11(14)15-18)5-7-19-8-6-13/h10,18H,4-9H2,1-3H3,(H2,14,15). The van der Waals surface area contributed by atoms with Crippen molar-refractivity contribution in [2.75, 3.05) is 32.3 Å². The fourth-order valence-corrected chi connectivity index (χ4v) is 2.99. The SMILES string of the molecule is CSCCC(C)N(C)C(=O)C1(C(N)=NO)CCOCC1. The first kappa shape index (κ1) is 17.1. The first-order valence-electron chi connectivity index (χ1n) is 6.81. The molecule has 0 saturated carbocycles. The van der Waals surface area contributed by atoms with Gasteiger partial charge in [-0.2, -0.15) is 11.8 Å². The Balaban J connectivity index is 2.88. The molecule has 1 rings (SSSR count). The van der Waals surface area contributed by atoms with Crippen molar-refractivity contribution in [3.05, 3.63) is 0 Å². The zero-order chi connectivity index (χ0) is 15.2. The van der Waals surface area contributed by atoms with Gasteiger partial charge < -0.3 is 20.6 Å². The van der Waals surface area contributed by atoms with E-state index in [2.05, 4.69) is 5.16 Å². The summed E-state index contributed by atoms with van der Waals surface area (Å²) < 4.78 is 5.31. The number of ether oxygens (including phenoxy) is 1. The predicted molar refractivity (Wildman–Crippen MR) is 81.1 cm³/mol. The summed E-state index contributed by atoms with van der Waals surface area (Å²) in [6.45, 7) is 2.93. The molecule has 116 valence electrons. The molecule has 1 fully saturated rings. The van der Waals surface area contributed by atoms with Gasteiger partial charge in [0.1, 0.15) is 5.41 Å². The van der Waals surface area contributed by atoms with Gasteiger partial charge in [-0.25, -0.2) is 0 Å². The van der Waals surface area contributed by atoms with E-state index in [9.17, 15) is 4.79 Å². The lowest BCUT2D eigenvalue weighted by atomic mass is 9.77. The summed E-state index contributed by atoms with van der Waals surface area (Å²) in [6.07, 6.45) is 3.89. The molecule has 0 spiro atoms. The van der Waals surface area contributed by atoms with Crippen molar-refractivity contribution < 1.29 is 14.7 Å². The van der Waals surface area contributed by atoms with Gasteiger partial charge in [0.2, 0.25) is 5.91 Å². The van der Waals surface area contributed by atoms with Crippen molar-refractivity contribution >= 4 is 23.5 Å². The molecule has 6 nitrogen and oxygen atoms in total. The Kier molecular flexibility index (Phi) is 6.61. The van der Waals surface area contributed by atoms with Crippen LogP contribution in [0.3, 0.4) is 0 Å². The molecule has 1 saturated heterocycles. The Bertz CT molecular complexity index is 357. The number of thioether (sulfide) groups is 1. The van der Waals surface area contributed by atoms with Gasteiger partial charge in [0.05, 0.1) is 0 Å². The fraction of sp³-hybridized carbons (Fsp3) is 0.846. The van der Waals surface area contributed by atoms with Gasteiger partial charge in [0, 0.05) is 26.3 Å². The Morgan fingerprint density at radius 1 is 1.55 bits per heavy atom. The number of amidine groups is 1. The Morgan fingerprint density at radius 2 is 2.15 bits per heavy atom. The average Bonchev–Trinajstić information content (AvgIpc) is 2.50. The van der Waals surface area contributed by atoms with Crippen LogP contribution in [0.15, 0.2) is 5.16 Å². The summed E-state index contributed by atoms with van der Waals surface area (Å²) in [4.78, 5) is 14.5. The van der Waals surface area contributed by atoms with Gasteiger partial charge in [-0.3, -0.25) is 4.79 Å². The molecule has 1 aliphatic heterocycles. The van der Waals surface area contributed by atoms with Crippen LogP contribution in [0.2, 0.25) is 0 Å². The normalized spacial score (nSPS) is 20.4. The molecule has 0 aromatic heterocycles. The highest BCUT2D eigenvalue weighted by Gasteiger charge is 2.46. The maximum atomic E-state index is 12.8. The third-order valence-corrected chi connectivity index (χ3v) is 4.72. The lowest BCUT2D eigenvalue weighted by molar-refractivity contribution is -0.143. The minimum absolute atomic E-state index is 0.00489. The van der Waals surface area contributed by atoms with Crippen LogP contribution in [-0.2, 0) is 9.53 Å². The summed E-state index contributed by atoms with van der Waals surface area (Å²) >= 11 is 1.76. The molecule has 0 radical (unpaired) electrons. The third kappa shape index (κ3) is 3.58. The van der Waals surface area contributed by atoms with E-state index in [1.165, 1.54) is 0 Å². The molecule has 1 heterocycles. The number of nitrogens with zero attached hydrogens (tertiary/aromatic N) is 2. The van der Waals surface area contributed by atoms with E-state index in [1.807, 2.05) is 13.2 Å². The second-order valence-electron chi connectivity index (χ2n) is 5.23. The summed E-state index contributed by atoms with van der Waals surface area (Å²) in [5, 5.41) is 12.1. The molecule has 0 aliphatic carbocycles. The summed E-state index contributed by atoms with van der Waals surface area (Å²) in [7, 11) is 1.79. The molecule has 1 amide bonds. The minimum Gasteiger partial charge on any atom is -0.409 e. The van der Waals surface area contributed by atoms with Crippen LogP contribution < -0.4 is 5.73 Å². The Hall–Kier alpha value is -0.950. The number of hydrogen-bond acceptors (Lipinski definition) is 5. The first-order valence-corrected chi connectivity index (χ1v) is 8.21. The highest BCUT2D eigenvalue weighted by Crippen LogP contribution is 2.33. The number of carbonyl (C=O) groups is 1. The largest absolute Gasteiger partial charge is 0.409 e. The van der Waals surface area contributed by atoms with Gasteiger partial charge in [-0.1, -0.05) is 5.16 Å². The van der Waals surface area contributed by atoms with Crippen molar-refractivity contribution in [3.63, 3.8) is 0 Å². The van der Waals surface area contributed by atoms with Crippen LogP contribution in [0.5, 0.6) is 0 Å².